The Labute approximate surface area is 185 Å². The number of nitrogens with zero attached hydrogens (tertiary/aromatic N) is 6. The summed E-state index contributed by atoms with van der Waals surface area (Å²) in [7, 11) is 2.05. The number of alkyl halides is 3. The average molecular weight is 448 g/mol. The first kappa shape index (κ1) is 22.4. The van der Waals surface area contributed by atoms with Crippen LogP contribution < -0.4 is 4.90 Å². The number of carbonyl (C=O) groups excluding carboxylic acids is 1. The van der Waals surface area contributed by atoms with E-state index in [-0.39, 0.29) is 23.5 Å². The number of anilines is 1. The molecule has 2 aromatic rings. The minimum absolute atomic E-state index is 0.0320. The quantitative estimate of drug-likeness (QED) is 0.717. The molecule has 2 aliphatic rings. The molecule has 2 aromatic heterocycles. The van der Waals surface area contributed by atoms with Gasteiger partial charge in [0.1, 0.15) is 5.82 Å². The highest BCUT2D eigenvalue weighted by Gasteiger charge is 2.35. The number of piperazine rings is 1. The zero-order chi connectivity index (χ0) is 22.7. The fourth-order valence-corrected chi connectivity index (χ4v) is 4.17. The minimum atomic E-state index is -4.56. The van der Waals surface area contributed by atoms with Crippen molar-refractivity contribution in [2.24, 2.45) is 5.92 Å². The van der Waals surface area contributed by atoms with Crippen molar-refractivity contribution < 1.29 is 18.0 Å². The molecule has 2 aliphatic heterocycles. The third kappa shape index (κ3) is 5.35. The highest BCUT2D eigenvalue weighted by Crippen LogP contribution is 2.33. The molecule has 0 bridgehead atoms. The second-order valence-corrected chi connectivity index (χ2v) is 8.49. The van der Waals surface area contributed by atoms with E-state index in [1.54, 1.807) is 12.1 Å². The molecule has 7 nitrogen and oxygen atoms in total. The number of likely N-dealkylation sites (N-methyl/N-ethyl adjacent to an activating group) is 1. The van der Waals surface area contributed by atoms with Crippen molar-refractivity contribution >= 4 is 11.7 Å². The van der Waals surface area contributed by atoms with Gasteiger partial charge in [0.15, 0.2) is 11.5 Å². The third-order valence-corrected chi connectivity index (χ3v) is 6.20. The van der Waals surface area contributed by atoms with Gasteiger partial charge in [-0.25, -0.2) is 9.97 Å². The summed E-state index contributed by atoms with van der Waals surface area (Å²) in [6.07, 6.45) is 0.429. The molecule has 2 saturated heterocycles. The largest absolute Gasteiger partial charge is 0.433 e. The molecule has 4 heterocycles. The second-order valence-electron chi connectivity index (χ2n) is 8.49. The Hall–Kier alpha value is -2.75. The van der Waals surface area contributed by atoms with E-state index in [4.69, 9.17) is 0 Å². The third-order valence-electron chi connectivity index (χ3n) is 6.20. The molecule has 32 heavy (non-hydrogen) atoms. The van der Waals surface area contributed by atoms with Gasteiger partial charge < -0.3 is 14.7 Å². The Morgan fingerprint density at radius 3 is 2.31 bits per heavy atom. The highest BCUT2D eigenvalue weighted by molar-refractivity contribution is 5.76. The van der Waals surface area contributed by atoms with Crippen molar-refractivity contribution in [3.8, 4) is 11.4 Å². The van der Waals surface area contributed by atoms with Crippen LogP contribution in [0.4, 0.5) is 19.0 Å². The van der Waals surface area contributed by atoms with Gasteiger partial charge in [-0.2, -0.15) is 13.2 Å². The van der Waals surface area contributed by atoms with Crippen LogP contribution in [0.25, 0.3) is 11.4 Å². The van der Waals surface area contributed by atoms with Crippen molar-refractivity contribution in [3.05, 3.63) is 36.3 Å². The van der Waals surface area contributed by atoms with Gasteiger partial charge in [-0.05, 0) is 37.9 Å². The molecule has 0 spiro atoms. The first-order chi connectivity index (χ1) is 15.3. The highest BCUT2D eigenvalue weighted by atomic mass is 19.4. The summed E-state index contributed by atoms with van der Waals surface area (Å²) in [4.78, 5) is 30.7. The minimum Gasteiger partial charge on any atom is -0.356 e. The van der Waals surface area contributed by atoms with Crippen LogP contribution in [0.2, 0.25) is 0 Å². The lowest BCUT2D eigenvalue weighted by Gasteiger charge is -2.36. The molecular weight excluding hydrogens is 421 g/mol. The van der Waals surface area contributed by atoms with E-state index in [2.05, 4.69) is 26.9 Å². The standard InChI is InChI=1S/C22H27F3N6O/c1-29-10-12-31(13-11-29)20(32)14-16-4-8-30(9-5-16)19-15-18(22(23,24)25)27-21(28-19)17-2-6-26-7-3-17/h2-3,6-7,15-16H,4-5,8-14H2,1H3. The van der Waals surface area contributed by atoms with Crippen molar-refractivity contribution in [2.75, 3.05) is 51.2 Å². The lowest BCUT2D eigenvalue weighted by Crippen LogP contribution is -2.47. The van der Waals surface area contributed by atoms with Gasteiger partial charge in [0.25, 0.3) is 0 Å². The molecule has 0 unspecified atom stereocenters. The Morgan fingerprint density at radius 2 is 1.69 bits per heavy atom. The predicted molar refractivity (Wildman–Crippen MR) is 114 cm³/mol. The smallest absolute Gasteiger partial charge is 0.356 e. The molecular formula is C22H27F3N6O. The number of amides is 1. The summed E-state index contributed by atoms with van der Waals surface area (Å²) in [6.45, 7) is 4.41. The van der Waals surface area contributed by atoms with E-state index in [0.29, 0.717) is 25.1 Å². The Morgan fingerprint density at radius 1 is 1.03 bits per heavy atom. The molecule has 0 saturated carbocycles. The number of carbonyl (C=O) groups is 1. The average Bonchev–Trinajstić information content (AvgIpc) is 2.80. The number of pyridine rings is 1. The van der Waals surface area contributed by atoms with Crippen LogP contribution in [0.1, 0.15) is 25.0 Å². The Kier molecular flexibility index (Phi) is 6.59. The topological polar surface area (TPSA) is 65.5 Å². The van der Waals surface area contributed by atoms with Gasteiger partial charge in [-0.1, -0.05) is 0 Å². The Balaban J connectivity index is 1.43. The van der Waals surface area contributed by atoms with E-state index >= 15 is 0 Å². The first-order valence-electron chi connectivity index (χ1n) is 10.9. The van der Waals surface area contributed by atoms with Gasteiger partial charge in [-0.3, -0.25) is 9.78 Å². The van der Waals surface area contributed by atoms with Crippen molar-refractivity contribution in [1.82, 2.24) is 24.8 Å². The van der Waals surface area contributed by atoms with Gasteiger partial charge in [0.2, 0.25) is 5.91 Å². The number of rotatable bonds is 4. The van der Waals surface area contributed by atoms with E-state index in [1.165, 1.54) is 12.4 Å². The molecule has 0 radical (unpaired) electrons. The molecule has 0 atom stereocenters. The van der Waals surface area contributed by atoms with Crippen molar-refractivity contribution in [3.63, 3.8) is 0 Å². The zero-order valence-corrected chi connectivity index (χ0v) is 18.1. The Bertz CT molecular complexity index is 923. The maximum atomic E-state index is 13.5. The first-order valence-corrected chi connectivity index (χ1v) is 10.9. The van der Waals surface area contributed by atoms with E-state index < -0.39 is 11.9 Å². The summed E-state index contributed by atoms with van der Waals surface area (Å²) < 4.78 is 40.4. The van der Waals surface area contributed by atoms with Crippen LogP contribution in [-0.4, -0.2) is 77.0 Å². The maximum absolute atomic E-state index is 13.5. The van der Waals surface area contributed by atoms with Crippen molar-refractivity contribution in [1.29, 1.82) is 0 Å². The lowest BCUT2D eigenvalue weighted by atomic mass is 9.93. The predicted octanol–water partition coefficient (Wildman–Crippen LogP) is 2.94. The summed E-state index contributed by atoms with van der Waals surface area (Å²) in [5.41, 5.74) is -0.471. The summed E-state index contributed by atoms with van der Waals surface area (Å²) >= 11 is 0. The van der Waals surface area contributed by atoms with Gasteiger partial charge >= 0.3 is 6.18 Å². The molecule has 0 N–H and O–H groups in total. The SMILES string of the molecule is CN1CCN(C(=O)CC2CCN(c3cc(C(F)(F)F)nc(-c4ccncc4)n3)CC2)CC1. The van der Waals surface area contributed by atoms with Crippen LogP contribution in [0.5, 0.6) is 0 Å². The molecule has 0 aliphatic carbocycles. The molecule has 2 fully saturated rings. The summed E-state index contributed by atoms with van der Waals surface area (Å²) in [5.74, 6) is 0.715. The van der Waals surface area contributed by atoms with Gasteiger partial charge in [0.05, 0.1) is 0 Å². The zero-order valence-electron chi connectivity index (χ0n) is 18.1. The molecule has 172 valence electrons. The maximum Gasteiger partial charge on any atom is 0.433 e. The van der Waals surface area contributed by atoms with Crippen LogP contribution in [-0.2, 0) is 11.0 Å². The normalized spacial score (nSPS) is 18.8. The number of piperidine rings is 1. The molecule has 4 rings (SSSR count). The van der Waals surface area contributed by atoms with Crippen molar-refractivity contribution in [2.45, 2.75) is 25.4 Å². The van der Waals surface area contributed by atoms with Crippen LogP contribution in [0, 0.1) is 5.92 Å². The fraction of sp³-hybridized carbons (Fsp3) is 0.545. The van der Waals surface area contributed by atoms with Gasteiger partial charge in [0, 0.05) is 69.7 Å². The second kappa shape index (κ2) is 9.40. The van der Waals surface area contributed by atoms with Crippen LogP contribution >= 0.6 is 0 Å². The monoisotopic (exact) mass is 448 g/mol. The fourth-order valence-electron chi connectivity index (χ4n) is 4.17. The number of aromatic nitrogens is 3. The summed E-state index contributed by atoms with van der Waals surface area (Å²) in [6, 6.07) is 4.20. The molecule has 10 heteroatoms. The lowest BCUT2D eigenvalue weighted by molar-refractivity contribution is -0.141. The molecule has 1 amide bonds. The van der Waals surface area contributed by atoms with Crippen LogP contribution in [0.3, 0.4) is 0 Å². The number of hydrogen-bond acceptors (Lipinski definition) is 6. The van der Waals surface area contributed by atoms with E-state index in [1.807, 2.05) is 9.80 Å². The summed E-state index contributed by atoms with van der Waals surface area (Å²) in [5, 5.41) is 0. The number of halogens is 3. The van der Waals surface area contributed by atoms with Crippen LogP contribution in [0.15, 0.2) is 30.6 Å². The van der Waals surface area contributed by atoms with E-state index in [9.17, 15) is 18.0 Å². The number of hydrogen-bond donors (Lipinski definition) is 0. The van der Waals surface area contributed by atoms with Gasteiger partial charge in [-0.15, -0.1) is 0 Å². The van der Waals surface area contributed by atoms with E-state index in [0.717, 1.165) is 45.1 Å². The molecule has 0 aromatic carbocycles.